The van der Waals surface area contributed by atoms with Crippen molar-refractivity contribution in [3.63, 3.8) is 0 Å². The van der Waals surface area contributed by atoms with Crippen LogP contribution in [0.15, 0.2) is 48.0 Å². The molecular formula is C29H37NO6. The molecule has 1 aliphatic heterocycles. The number of benzene rings is 2. The number of rotatable bonds is 11. The molecule has 1 heterocycles. The predicted molar refractivity (Wildman–Crippen MR) is 139 cm³/mol. The number of hydrogen-bond donors (Lipinski definition) is 1. The topological polar surface area (TPSA) is 85.3 Å². The molecule has 1 unspecified atom stereocenters. The van der Waals surface area contributed by atoms with Crippen molar-refractivity contribution in [2.45, 2.75) is 40.7 Å². The minimum absolute atomic E-state index is 0.0576. The number of likely N-dealkylation sites (tertiary alicyclic amines) is 1. The number of methoxy groups -OCH3 is 1. The molecule has 7 heteroatoms. The smallest absolute Gasteiger partial charge is 0.295 e. The summed E-state index contributed by atoms with van der Waals surface area (Å²) < 4.78 is 16.8. The maximum absolute atomic E-state index is 13.2. The quantitative estimate of drug-likeness (QED) is 0.264. The summed E-state index contributed by atoms with van der Waals surface area (Å²) in [6.07, 6.45) is 0. The van der Waals surface area contributed by atoms with Gasteiger partial charge in [-0.25, -0.2) is 0 Å². The molecule has 36 heavy (non-hydrogen) atoms. The third kappa shape index (κ3) is 6.26. The van der Waals surface area contributed by atoms with Gasteiger partial charge in [0.2, 0.25) is 0 Å². The summed E-state index contributed by atoms with van der Waals surface area (Å²) in [5.41, 5.74) is 2.05. The lowest BCUT2D eigenvalue weighted by molar-refractivity contribution is -0.140. The average Bonchev–Trinajstić information content (AvgIpc) is 3.10. The zero-order chi connectivity index (χ0) is 26.4. The number of aliphatic hydroxyl groups is 1. The number of aliphatic hydroxyl groups excluding tert-OH is 1. The summed E-state index contributed by atoms with van der Waals surface area (Å²) in [7, 11) is 1.54. The van der Waals surface area contributed by atoms with E-state index < -0.39 is 17.7 Å². The van der Waals surface area contributed by atoms with E-state index in [1.165, 1.54) is 12.0 Å². The lowest BCUT2D eigenvalue weighted by atomic mass is 9.94. The molecule has 1 atom stereocenters. The molecule has 1 amide bonds. The van der Waals surface area contributed by atoms with Gasteiger partial charge in [0, 0.05) is 19.2 Å². The summed E-state index contributed by atoms with van der Waals surface area (Å²) in [6.45, 7) is 11.8. The van der Waals surface area contributed by atoms with Crippen LogP contribution >= 0.6 is 0 Å². The van der Waals surface area contributed by atoms with E-state index in [2.05, 4.69) is 27.7 Å². The summed E-state index contributed by atoms with van der Waals surface area (Å²) in [6, 6.07) is 11.8. The van der Waals surface area contributed by atoms with Crippen LogP contribution in [0.3, 0.4) is 0 Å². The molecule has 194 valence electrons. The van der Waals surface area contributed by atoms with E-state index in [9.17, 15) is 14.7 Å². The zero-order valence-corrected chi connectivity index (χ0v) is 22.0. The highest BCUT2D eigenvalue weighted by Crippen LogP contribution is 2.40. The van der Waals surface area contributed by atoms with Crippen molar-refractivity contribution in [2.24, 2.45) is 11.8 Å². The van der Waals surface area contributed by atoms with Gasteiger partial charge in [-0.2, -0.15) is 0 Å². The Morgan fingerprint density at radius 2 is 1.61 bits per heavy atom. The van der Waals surface area contributed by atoms with E-state index in [1.807, 2.05) is 31.2 Å². The Balaban J connectivity index is 2.01. The lowest BCUT2D eigenvalue weighted by Crippen LogP contribution is -2.32. The molecule has 1 saturated heterocycles. The molecule has 0 bridgehead atoms. The van der Waals surface area contributed by atoms with Crippen LogP contribution in [0.4, 0.5) is 0 Å². The first kappa shape index (κ1) is 27.3. The van der Waals surface area contributed by atoms with Gasteiger partial charge in [-0.05, 0) is 60.2 Å². The average molecular weight is 496 g/mol. The monoisotopic (exact) mass is 495 g/mol. The number of ether oxygens (including phenoxy) is 3. The number of amides is 1. The number of hydrogen-bond acceptors (Lipinski definition) is 6. The summed E-state index contributed by atoms with van der Waals surface area (Å²) in [5.74, 6) is 0.595. The number of carbonyl (C=O) groups excluding carboxylic acids is 2. The van der Waals surface area contributed by atoms with Crippen molar-refractivity contribution in [1.29, 1.82) is 0 Å². The Labute approximate surface area is 213 Å². The molecule has 2 aromatic rings. The second kappa shape index (κ2) is 12.1. The number of ketones is 1. The van der Waals surface area contributed by atoms with Gasteiger partial charge in [-0.1, -0.05) is 39.8 Å². The van der Waals surface area contributed by atoms with E-state index in [0.29, 0.717) is 47.7 Å². The Kier molecular flexibility index (Phi) is 9.15. The van der Waals surface area contributed by atoms with Gasteiger partial charge >= 0.3 is 0 Å². The van der Waals surface area contributed by atoms with Crippen molar-refractivity contribution in [3.05, 3.63) is 64.7 Å². The molecule has 0 saturated carbocycles. The van der Waals surface area contributed by atoms with E-state index >= 15 is 0 Å². The van der Waals surface area contributed by atoms with Gasteiger partial charge < -0.3 is 24.2 Å². The molecule has 0 radical (unpaired) electrons. The normalized spacial score (nSPS) is 17.3. The standard InChI is InChI=1S/C29H37NO6/c1-18(2)16-35-23-10-7-21(8-11-23)26-25(28(32)29(33)30(26)13-14-34-6)27(31)22-9-12-24(20(5)15-22)36-17-19(3)4/h7-12,15,18-19,26,31H,13-14,16-17H2,1-6H3/b27-25-. The highest BCUT2D eigenvalue weighted by atomic mass is 16.5. The molecule has 0 spiro atoms. The molecule has 3 rings (SSSR count). The van der Waals surface area contributed by atoms with Crippen LogP contribution < -0.4 is 9.47 Å². The first-order valence-electron chi connectivity index (χ1n) is 12.4. The Morgan fingerprint density at radius 1 is 0.972 bits per heavy atom. The predicted octanol–water partition coefficient (Wildman–Crippen LogP) is 5.13. The van der Waals surface area contributed by atoms with Crippen LogP contribution in [0.2, 0.25) is 0 Å². The van der Waals surface area contributed by atoms with Gasteiger partial charge in [-0.15, -0.1) is 0 Å². The summed E-state index contributed by atoms with van der Waals surface area (Å²) in [5, 5.41) is 11.3. The molecule has 2 aromatic carbocycles. The van der Waals surface area contributed by atoms with Crippen molar-refractivity contribution in [3.8, 4) is 11.5 Å². The van der Waals surface area contributed by atoms with Crippen LogP contribution in [0.5, 0.6) is 11.5 Å². The Morgan fingerprint density at radius 3 is 2.19 bits per heavy atom. The van der Waals surface area contributed by atoms with Gasteiger partial charge in [0.1, 0.15) is 17.3 Å². The van der Waals surface area contributed by atoms with Crippen molar-refractivity contribution >= 4 is 17.4 Å². The third-order valence-corrected chi connectivity index (χ3v) is 5.88. The van der Waals surface area contributed by atoms with E-state index in [1.54, 1.807) is 18.2 Å². The first-order chi connectivity index (χ1) is 17.1. The minimum Gasteiger partial charge on any atom is -0.507 e. The van der Waals surface area contributed by atoms with E-state index in [-0.39, 0.29) is 24.5 Å². The number of aryl methyl sites for hydroxylation is 1. The van der Waals surface area contributed by atoms with Crippen LogP contribution in [-0.4, -0.2) is 55.2 Å². The molecule has 1 aliphatic rings. The Hall–Kier alpha value is -3.32. The maximum atomic E-state index is 13.2. The van der Waals surface area contributed by atoms with Crippen molar-refractivity contribution in [2.75, 3.05) is 33.5 Å². The van der Waals surface area contributed by atoms with Gasteiger partial charge in [-0.3, -0.25) is 9.59 Å². The second-order valence-electron chi connectivity index (χ2n) is 9.94. The zero-order valence-electron chi connectivity index (χ0n) is 22.0. The second-order valence-corrected chi connectivity index (χ2v) is 9.94. The SMILES string of the molecule is COCCN1C(=O)C(=O)/C(=C(\O)c2ccc(OCC(C)C)c(C)c2)C1c1ccc(OCC(C)C)cc1. The molecule has 0 aromatic heterocycles. The third-order valence-electron chi connectivity index (χ3n) is 5.88. The van der Waals surface area contributed by atoms with Gasteiger partial charge in [0.05, 0.1) is 31.4 Å². The lowest BCUT2D eigenvalue weighted by Gasteiger charge is -2.25. The molecule has 1 fully saturated rings. The molecule has 1 N–H and O–H groups in total. The molecular weight excluding hydrogens is 458 g/mol. The van der Waals surface area contributed by atoms with E-state index in [4.69, 9.17) is 14.2 Å². The van der Waals surface area contributed by atoms with Gasteiger partial charge in [0.15, 0.2) is 0 Å². The molecule has 0 aliphatic carbocycles. The number of carbonyl (C=O) groups is 2. The molecule has 7 nitrogen and oxygen atoms in total. The van der Waals surface area contributed by atoms with Crippen LogP contribution in [0.25, 0.3) is 5.76 Å². The van der Waals surface area contributed by atoms with Crippen LogP contribution in [0.1, 0.15) is 50.4 Å². The largest absolute Gasteiger partial charge is 0.507 e. The summed E-state index contributed by atoms with van der Waals surface area (Å²) in [4.78, 5) is 27.6. The number of nitrogens with zero attached hydrogens (tertiary/aromatic N) is 1. The fraction of sp³-hybridized carbons (Fsp3) is 0.448. The van der Waals surface area contributed by atoms with Crippen molar-refractivity contribution < 1.29 is 28.9 Å². The fourth-order valence-electron chi connectivity index (χ4n) is 4.03. The highest BCUT2D eigenvalue weighted by molar-refractivity contribution is 6.46. The van der Waals surface area contributed by atoms with Crippen LogP contribution in [0, 0.1) is 18.8 Å². The first-order valence-corrected chi connectivity index (χ1v) is 12.4. The van der Waals surface area contributed by atoms with Gasteiger partial charge in [0.25, 0.3) is 11.7 Å². The van der Waals surface area contributed by atoms with Crippen LogP contribution in [-0.2, 0) is 14.3 Å². The highest BCUT2D eigenvalue weighted by Gasteiger charge is 2.45. The Bertz CT molecular complexity index is 1100. The number of Topliss-reactive ketones (excluding diaryl/α,β-unsaturated/α-hetero) is 1. The van der Waals surface area contributed by atoms with E-state index in [0.717, 1.165) is 5.56 Å². The summed E-state index contributed by atoms with van der Waals surface area (Å²) >= 11 is 0. The fourth-order valence-corrected chi connectivity index (χ4v) is 4.03. The minimum atomic E-state index is -0.739. The maximum Gasteiger partial charge on any atom is 0.295 e. The van der Waals surface area contributed by atoms with Crippen molar-refractivity contribution in [1.82, 2.24) is 4.90 Å².